The van der Waals surface area contributed by atoms with Gasteiger partial charge in [0.25, 0.3) is 5.91 Å². The SMILES string of the molecule is N#C/C(=C\c1cnc(N2CCCC2)nc1)C(=O)Nc1ccccc1C(F)(F)F. The molecule has 28 heavy (non-hydrogen) atoms. The van der Waals surface area contributed by atoms with Crippen LogP contribution in [0.15, 0.2) is 42.2 Å². The summed E-state index contributed by atoms with van der Waals surface area (Å²) >= 11 is 0. The normalized spacial score (nSPS) is 14.6. The van der Waals surface area contributed by atoms with Crippen LogP contribution in [-0.2, 0) is 11.0 Å². The summed E-state index contributed by atoms with van der Waals surface area (Å²) in [5.41, 5.74) is -1.35. The van der Waals surface area contributed by atoms with E-state index in [1.54, 1.807) is 6.07 Å². The molecule has 1 N–H and O–H groups in total. The zero-order valence-electron chi connectivity index (χ0n) is 14.7. The van der Waals surface area contributed by atoms with Crippen molar-refractivity contribution in [3.8, 4) is 6.07 Å². The predicted molar refractivity (Wildman–Crippen MR) is 97.1 cm³/mol. The lowest BCUT2D eigenvalue weighted by atomic mass is 10.1. The Morgan fingerprint density at radius 2 is 1.82 bits per heavy atom. The average molecular weight is 387 g/mol. The van der Waals surface area contributed by atoms with E-state index in [0.29, 0.717) is 11.5 Å². The number of nitriles is 1. The molecule has 0 bridgehead atoms. The van der Waals surface area contributed by atoms with E-state index in [1.165, 1.54) is 30.6 Å². The molecule has 3 rings (SSSR count). The highest BCUT2D eigenvalue weighted by atomic mass is 19.4. The first-order chi connectivity index (χ1) is 13.4. The number of hydrogen-bond donors (Lipinski definition) is 1. The number of carbonyl (C=O) groups excluding carboxylic acids is 1. The third-order valence-electron chi connectivity index (χ3n) is 4.20. The van der Waals surface area contributed by atoms with Crippen LogP contribution in [0, 0.1) is 11.3 Å². The van der Waals surface area contributed by atoms with Gasteiger partial charge in [-0.15, -0.1) is 0 Å². The first-order valence-corrected chi connectivity index (χ1v) is 8.55. The number of hydrogen-bond acceptors (Lipinski definition) is 5. The van der Waals surface area contributed by atoms with Crippen molar-refractivity contribution in [3.63, 3.8) is 0 Å². The summed E-state index contributed by atoms with van der Waals surface area (Å²) < 4.78 is 39.1. The minimum atomic E-state index is -4.63. The predicted octanol–water partition coefficient (Wildman–Crippen LogP) is 3.64. The van der Waals surface area contributed by atoms with Gasteiger partial charge >= 0.3 is 6.18 Å². The number of anilines is 2. The second-order valence-corrected chi connectivity index (χ2v) is 6.18. The molecular weight excluding hydrogens is 371 g/mol. The number of nitrogens with one attached hydrogen (secondary N) is 1. The highest BCUT2D eigenvalue weighted by molar-refractivity contribution is 6.10. The largest absolute Gasteiger partial charge is 0.418 e. The number of aromatic nitrogens is 2. The number of alkyl halides is 3. The minimum Gasteiger partial charge on any atom is -0.341 e. The van der Waals surface area contributed by atoms with Gasteiger partial charge in [0, 0.05) is 31.0 Å². The fraction of sp³-hybridized carbons (Fsp3) is 0.263. The van der Waals surface area contributed by atoms with Crippen molar-refractivity contribution < 1.29 is 18.0 Å². The number of nitrogens with zero attached hydrogens (tertiary/aromatic N) is 4. The van der Waals surface area contributed by atoms with Gasteiger partial charge in [0.2, 0.25) is 5.95 Å². The number of halogens is 3. The molecule has 0 radical (unpaired) electrons. The molecule has 1 saturated heterocycles. The van der Waals surface area contributed by atoms with E-state index in [1.807, 2.05) is 4.90 Å². The molecule has 144 valence electrons. The highest BCUT2D eigenvalue weighted by Crippen LogP contribution is 2.34. The molecule has 0 aliphatic carbocycles. The number of para-hydroxylation sites is 1. The number of amides is 1. The van der Waals surface area contributed by atoms with E-state index in [2.05, 4.69) is 15.3 Å². The summed E-state index contributed by atoms with van der Waals surface area (Å²) in [6.07, 6.45) is 1.69. The molecule has 1 aromatic heterocycles. The molecule has 0 saturated carbocycles. The van der Waals surface area contributed by atoms with Gasteiger partial charge in [0.05, 0.1) is 11.3 Å². The second-order valence-electron chi connectivity index (χ2n) is 6.18. The van der Waals surface area contributed by atoms with E-state index in [4.69, 9.17) is 0 Å². The number of benzene rings is 1. The van der Waals surface area contributed by atoms with Crippen LogP contribution in [0.25, 0.3) is 6.08 Å². The van der Waals surface area contributed by atoms with Gasteiger partial charge in [0.1, 0.15) is 11.6 Å². The standard InChI is InChI=1S/C19H16F3N5O/c20-19(21,22)15-5-1-2-6-16(15)26-17(28)14(10-23)9-13-11-24-18(25-12-13)27-7-3-4-8-27/h1-2,5-6,9,11-12H,3-4,7-8H2,(H,26,28)/b14-9+. The molecule has 1 fully saturated rings. The molecule has 0 spiro atoms. The first-order valence-electron chi connectivity index (χ1n) is 8.55. The lowest BCUT2D eigenvalue weighted by molar-refractivity contribution is -0.137. The lowest BCUT2D eigenvalue weighted by Gasteiger charge is -2.14. The van der Waals surface area contributed by atoms with Gasteiger partial charge in [-0.3, -0.25) is 4.79 Å². The monoisotopic (exact) mass is 387 g/mol. The van der Waals surface area contributed by atoms with Crippen molar-refractivity contribution in [2.75, 3.05) is 23.3 Å². The Hall–Kier alpha value is -3.41. The Bertz CT molecular complexity index is 926. The smallest absolute Gasteiger partial charge is 0.341 e. The first kappa shape index (κ1) is 19.4. The van der Waals surface area contributed by atoms with E-state index < -0.39 is 23.3 Å². The highest BCUT2D eigenvalue weighted by Gasteiger charge is 2.33. The van der Waals surface area contributed by atoms with Crippen molar-refractivity contribution in [1.29, 1.82) is 5.26 Å². The third kappa shape index (κ3) is 4.46. The van der Waals surface area contributed by atoms with E-state index in [0.717, 1.165) is 38.1 Å². The second kappa shape index (κ2) is 8.08. The van der Waals surface area contributed by atoms with E-state index >= 15 is 0 Å². The fourth-order valence-corrected chi connectivity index (χ4v) is 2.83. The van der Waals surface area contributed by atoms with Crippen molar-refractivity contribution in [2.45, 2.75) is 19.0 Å². The van der Waals surface area contributed by atoms with Crippen LogP contribution in [0.3, 0.4) is 0 Å². The Kier molecular flexibility index (Phi) is 5.59. The van der Waals surface area contributed by atoms with Crippen LogP contribution in [0.4, 0.5) is 24.8 Å². The van der Waals surface area contributed by atoms with Crippen molar-refractivity contribution in [1.82, 2.24) is 9.97 Å². The molecule has 0 atom stereocenters. The Labute approximate surface area is 159 Å². The minimum absolute atomic E-state index is 0.352. The van der Waals surface area contributed by atoms with Gasteiger partial charge in [-0.05, 0) is 31.1 Å². The van der Waals surface area contributed by atoms with E-state index in [-0.39, 0.29) is 5.57 Å². The Balaban J connectivity index is 1.78. The zero-order chi connectivity index (χ0) is 20.1. The van der Waals surface area contributed by atoms with Gasteiger partial charge in [-0.25, -0.2) is 9.97 Å². The summed E-state index contributed by atoms with van der Waals surface area (Å²) in [6.45, 7) is 1.75. The molecule has 1 aromatic carbocycles. The number of carbonyl (C=O) groups is 1. The Morgan fingerprint density at radius 1 is 1.18 bits per heavy atom. The van der Waals surface area contributed by atoms with Crippen LogP contribution >= 0.6 is 0 Å². The summed E-state index contributed by atoms with van der Waals surface area (Å²) in [4.78, 5) is 22.7. The van der Waals surface area contributed by atoms with Crippen molar-refractivity contribution in [3.05, 3.63) is 53.4 Å². The average Bonchev–Trinajstić information content (AvgIpc) is 3.21. The molecule has 2 aromatic rings. The van der Waals surface area contributed by atoms with E-state index in [9.17, 15) is 23.2 Å². The number of rotatable bonds is 4. The van der Waals surface area contributed by atoms with Gasteiger partial charge in [-0.2, -0.15) is 18.4 Å². The molecule has 1 aliphatic heterocycles. The third-order valence-corrected chi connectivity index (χ3v) is 4.20. The summed E-state index contributed by atoms with van der Waals surface area (Å²) in [5, 5.41) is 11.4. The van der Waals surface area contributed by atoms with Gasteiger partial charge in [0.15, 0.2) is 0 Å². The quantitative estimate of drug-likeness (QED) is 0.640. The molecule has 1 amide bonds. The summed E-state index contributed by atoms with van der Waals surface area (Å²) in [7, 11) is 0. The zero-order valence-corrected chi connectivity index (χ0v) is 14.7. The maximum absolute atomic E-state index is 13.0. The molecule has 9 heteroatoms. The van der Waals surface area contributed by atoms with Crippen LogP contribution in [0.2, 0.25) is 0 Å². The van der Waals surface area contributed by atoms with Crippen LogP contribution in [-0.4, -0.2) is 29.0 Å². The summed E-state index contributed by atoms with van der Waals surface area (Å²) in [6, 6.07) is 6.27. The maximum Gasteiger partial charge on any atom is 0.418 e. The van der Waals surface area contributed by atoms with Crippen molar-refractivity contribution in [2.24, 2.45) is 0 Å². The molecule has 6 nitrogen and oxygen atoms in total. The Morgan fingerprint density at radius 3 is 2.43 bits per heavy atom. The fourth-order valence-electron chi connectivity index (χ4n) is 2.83. The maximum atomic E-state index is 13.0. The lowest BCUT2D eigenvalue weighted by Crippen LogP contribution is -2.20. The topological polar surface area (TPSA) is 81.9 Å². The molecular formula is C19H16F3N5O. The van der Waals surface area contributed by atoms with Crippen LogP contribution in [0.5, 0.6) is 0 Å². The molecule has 0 unspecified atom stereocenters. The van der Waals surface area contributed by atoms with Crippen LogP contribution < -0.4 is 10.2 Å². The van der Waals surface area contributed by atoms with Crippen LogP contribution in [0.1, 0.15) is 24.0 Å². The van der Waals surface area contributed by atoms with Crippen molar-refractivity contribution >= 4 is 23.6 Å². The molecule has 1 aliphatic rings. The summed E-state index contributed by atoms with van der Waals surface area (Å²) in [5.74, 6) is -0.375. The van der Waals surface area contributed by atoms with Gasteiger partial charge < -0.3 is 10.2 Å². The van der Waals surface area contributed by atoms with Gasteiger partial charge in [-0.1, -0.05) is 12.1 Å². The molecule has 2 heterocycles.